The van der Waals surface area contributed by atoms with E-state index in [1.165, 1.54) is 38.0 Å². The van der Waals surface area contributed by atoms with Crippen LogP contribution >= 0.6 is 0 Å². The number of piperidine rings is 1. The molecule has 2 rings (SSSR count). The van der Waals surface area contributed by atoms with Crippen LogP contribution in [0.15, 0.2) is 24.3 Å². The molecule has 1 saturated heterocycles. The molecule has 1 aromatic rings. The van der Waals surface area contributed by atoms with E-state index in [1.807, 2.05) is 12.1 Å². The largest absolute Gasteiger partial charge is 0.495 e. The average molecular weight is 191 g/mol. The molecule has 1 fully saturated rings. The Balaban J connectivity index is 2.20. The zero-order valence-corrected chi connectivity index (χ0v) is 8.70. The molecule has 2 nitrogen and oxygen atoms in total. The molecule has 14 heavy (non-hydrogen) atoms. The first-order valence-electron chi connectivity index (χ1n) is 5.30. The van der Waals surface area contributed by atoms with Crippen LogP contribution in [0.2, 0.25) is 0 Å². The number of benzene rings is 1. The van der Waals surface area contributed by atoms with Gasteiger partial charge in [0.1, 0.15) is 5.75 Å². The zero-order valence-electron chi connectivity index (χ0n) is 8.70. The van der Waals surface area contributed by atoms with Gasteiger partial charge >= 0.3 is 0 Å². The van der Waals surface area contributed by atoms with Gasteiger partial charge in [0.05, 0.1) is 12.8 Å². The molecule has 0 radical (unpaired) electrons. The number of nitrogens with zero attached hydrogens (tertiary/aromatic N) is 1. The Hall–Kier alpha value is -1.18. The van der Waals surface area contributed by atoms with Crippen molar-refractivity contribution in [3.05, 3.63) is 24.3 Å². The summed E-state index contributed by atoms with van der Waals surface area (Å²) in [4.78, 5) is 2.42. The Morgan fingerprint density at radius 2 is 1.79 bits per heavy atom. The van der Waals surface area contributed by atoms with Crippen molar-refractivity contribution < 1.29 is 4.74 Å². The minimum atomic E-state index is 0.995. The highest BCUT2D eigenvalue weighted by Crippen LogP contribution is 2.29. The second-order valence-corrected chi connectivity index (χ2v) is 3.72. The highest BCUT2D eigenvalue weighted by Gasteiger charge is 2.13. The molecule has 0 amide bonds. The molecule has 0 saturated carbocycles. The van der Waals surface area contributed by atoms with Crippen LogP contribution in [0.25, 0.3) is 0 Å². The summed E-state index contributed by atoms with van der Waals surface area (Å²) < 4.78 is 5.36. The van der Waals surface area contributed by atoms with Gasteiger partial charge in [-0.15, -0.1) is 0 Å². The molecule has 0 atom stereocenters. The van der Waals surface area contributed by atoms with Crippen LogP contribution in [0.1, 0.15) is 19.3 Å². The Labute approximate surface area is 85.5 Å². The molecule has 0 spiro atoms. The van der Waals surface area contributed by atoms with Gasteiger partial charge in [0.15, 0.2) is 0 Å². The number of hydrogen-bond donors (Lipinski definition) is 0. The molecule has 0 bridgehead atoms. The molecule has 2 heteroatoms. The van der Waals surface area contributed by atoms with E-state index in [0.717, 1.165) is 5.75 Å². The highest BCUT2D eigenvalue weighted by atomic mass is 16.5. The average Bonchev–Trinajstić information content (AvgIpc) is 2.30. The lowest BCUT2D eigenvalue weighted by Gasteiger charge is -2.29. The van der Waals surface area contributed by atoms with E-state index in [4.69, 9.17) is 4.74 Å². The van der Waals surface area contributed by atoms with Crippen molar-refractivity contribution in [2.45, 2.75) is 19.3 Å². The Kier molecular flexibility index (Phi) is 2.92. The van der Waals surface area contributed by atoms with Gasteiger partial charge in [-0.3, -0.25) is 0 Å². The molecular formula is C12H17NO. The topological polar surface area (TPSA) is 12.5 Å². The maximum absolute atomic E-state index is 5.36. The van der Waals surface area contributed by atoms with Gasteiger partial charge in [-0.2, -0.15) is 0 Å². The smallest absolute Gasteiger partial charge is 0.142 e. The second kappa shape index (κ2) is 4.36. The first kappa shape index (κ1) is 9.38. The van der Waals surface area contributed by atoms with E-state index in [-0.39, 0.29) is 0 Å². The third-order valence-electron chi connectivity index (χ3n) is 2.78. The standard InChI is InChI=1S/C12H17NO/c1-14-12-8-4-3-7-11(12)13-9-5-2-6-10-13/h3-4,7-8H,2,5-6,9-10H2,1H3. The van der Waals surface area contributed by atoms with Crippen LogP contribution in [-0.4, -0.2) is 20.2 Å². The summed E-state index contributed by atoms with van der Waals surface area (Å²) in [5.41, 5.74) is 1.25. The molecule has 0 aromatic heterocycles. The van der Waals surface area contributed by atoms with Crippen molar-refractivity contribution in [1.29, 1.82) is 0 Å². The van der Waals surface area contributed by atoms with Gasteiger partial charge in [-0.1, -0.05) is 12.1 Å². The van der Waals surface area contributed by atoms with Gasteiger partial charge in [0.2, 0.25) is 0 Å². The summed E-state index contributed by atoms with van der Waals surface area (Å²) in [6.07, 6.45) is 3.97. The molecule has 0 unspecified atom stereocenters. The molecule has 1 aliphatic heterocycles. The van der Waals surface area contributed by atoms with Gasteiger partial charge in [-0.25, -0.2) is 0 Å². The van der Waals surface area contributed by atoms with Crippen LogP contribution in [-0.2, 0) is 0 Å². The third kappa shape index (κ3) is 1.84. The van der Waals surface area contributed by atoms with Crippen molar-refractivity contribution in [2.75, 3.05) is 25.1 Å². The van der Waals surface area contributed by atoms with Crippen molar-refractivity contribution in [3.63, 3.8) is 0 Å². The third-order valence-corrected chi connectivity index (χ3v) is 2.78. The van der Waals surface area contributed by atoms with Crippen LogP contribution in [0.3, 0.4) is 0 Å². The summed E-state index contributed by atoms with van der Waals surface area (Å²) in [6.45, 7) is 2.33. The summed E-state index contributed by atoms with van der Waals surface area (Å²) in [5.74, 6) is 0.995. The highest BCUT2D eigenvalue weighted by molar-refractivity contribution is 5.58. The maximum atomic E-state index is 5.36. The van der Waals surface area contributed by atoms with Gasteiger partial charge < -0.3 is 9.64 Å². The minimum Gasteiger partial charge on any atom is -0.495 e. The van der Waals surface area contributed by atoms with Crippen molar-refractivity contribution in [2.24, 2.45) is 0 Å². The molecule has 1 heterocycles. The van der Waals surface area contributed by atoms with E-state index in [1.54, 1.807) is 7.11 Å². The number of anilines is 1. The molecular weight excluding hydrogens is 174 g/mol. The van der Waals surface area contributed by atoms with Gasteiger partial charge in [-0.05, 0) is 31.4 Å². The number of ether oxygens (including phenoxy) is 1. The number of rotatable bonds is 2. The fourth-order valence-electron chi connectivity index (χ4n) is 2.03. The Morgan fingerprint density at radius 3 is 2.50 bits per heavy atom. The summed E-state index contributed by atoms with van der Waals surface area (Å²) in [6, 6.07) is 8.27. The normalized spacial score (nSPS) is 16.8. The van der Waals surface area contributed by atoms with Crippen LogP contribution in [0.5, 0.6) is 5.75 Å². The number of methoxy groups -OCH3 is 1. The first-order valence-corrected chi connectivity index (χ1v) is 5.30. The van der Waals surface area contributed by atoms with E-state index in [2.05, 4.69) is 17.0 Å². The second-order valence-electron chi connectivity index (χ2n) is 3.72. The predicted octanol–water partition coefficient (Wildman–Crippen LogP) is 2.69. The van der Waals surface area contributed by atoms with Crippen molar-refractivity contribution in [1.82, 2.24) is 0 Å². The lowest BCUT2D eigenvalue weighted by atomic mass is 10.1. The minimum absolute atomic E-state index is 0.995. The lowest BCUT2D eigenvalue weighted by molar-refractivity contribution is 0.412. The van der Waals surface area contributed by atoms with Crippen LogP contribution < -0.4 is 9.64 Å². The number of para-hydroxylation sites is 2. The number of hydrogen-bond acceptors (Lipinski definition) is 2. The summed E-state index contributed by atoms with van der Waals surface area (Å²) in [7, 11) is 1.74. The molecule has 0 N–H and O–H groups in total. The quantitative estimate of drug-likeness (QED) is 0.712. The van der Waals surface area contributed by atoms with Crippen molar-refractivity contribution >= 4 is 5.69 Å². The van der Waals surface area contributed by atoms with Crippen LogP contribution in [0, 0.1) is 0 Å². The van der Waals surface area contributed by atoms with Crippen LogP contribution in [0.4, 0.5) is 5.69 Å². The van der Waals surface area contributed by atoms with Crippen molar-refractivity contribution in [3.8, 4) is 5.75 Å². The predicted molar refractivity (Wildman–Crippen MR) is 59.1 cm³/mol. The van der Waals surface area contributed by atoms with E-state index in [0.29, 0.717) is 0 Å². The Morgan fingerprint density at radius 1 is 1.07 bits per heavy atom. The van der Waals surface area contributed by atoms with Gasteiger partial charge in [0, 0.05) is 13.1 Å². The maximum Gasteiger partial charge on any atom is 0.142 e. The monoisotopic (exact) mass is 191 g/mol. The molecule has 1 aliphatic rings. The first-order chi connectivity index (χ1) is 6.92. The fraction of sp³-hybridized carbons (Fsp3) is 0.500. The van der Waals surface area contributed by atoms with Gasteiger partial charge in [0.25, 0.3) is 0 Å². The zero-order chi connectivity index (χ0) is 9.80. The molecule has 76 valence electrons. The summed E-state index contributed by atoms with van der Waals surface area (Å²) in [5, 5.41) is 0. The SMILES string of the molecule is COc1ccccc1N1CCCCC1. The summed E-state index contributed by atoms with van der Waals surface area (Å²) >= 11 is 0. The lowest BCUT2D eigenvalue weighted by Crippen LogP contribution is -2.29. The van der Waals surface area contributed by atoms with E-state index < -0.39 is 0 Å². The fourth-order valence-corrected chi connectivity index (χ4v) is 2.03. The molecule has 0 aliphatic carbocycles. The Bertz CT molecular complexity index is 292. The molecule has 1 aromatic carbocycles. The van der Waals surface area contributed by atoms with E-state index >= 15 is 0 Å². The van der Waals surface area contributed by atoms with E-state index in [9.17, 15) is 0 Å².